The van der Waals surface area contributed by atoms with Crippen LogP contribution in [0.25, 0.3) is 27.7 Å². The second-order valence-corrected chi connectivity index (χ2v) is 8.60. The van der Waals surface area contributed by atoms with Gasteiger partial charge in [-0.15, -0.1) is 10.2 Å². The Hall–Kier alpha value is -3.97. The van der Waals surface area contributed by atoms with Crippen molar-refractivity contribution in [3.8, 4) is 17.0 Å². The van der Waals surface area contributed by atoms with Crippen LogP contribution in [-0.2, 0) is 4.79 Å². The monoisotopic (exact) mass is 523 g/mol. The molecular formula is C23H24F4N8O2. The first-order chi connectivity index (χ1) is 19.0. The van der Waals surface area contributed by atoms with Crippen molar-refractivity contribution in [2.75, 3.05) is 38.9 Å². The molecule has 37 heavy (non-hydrogen) atoms. The highest BCUT2D eigenvalue weighted by Crippen LogP contribution is 2.35. The maximum Gasteiger partial charge on any atom is 0.244 e. The van der Waals surface area contributed by atoms with E-state index < -0.39 is 56.7 Å². The fraction of sp³-hybridized carbons (Fsp3) is 0.435. The number of rotatable bonds is 7. The number of hydrogen-bond donors (Lipinski definition) is 1. The Kier molecular flexibility index (Phi) is 5.61. The minimum absolute atomic E-state index is 0.0105. The molecule has 0 unspecified atom stereocenters. The number of alkyl halides is 3. The molecule has 0 aliphatic carbocycles. The first-order valence-electron chi connectivity index (χ1n) is 12.9. The summed E-state index contributed by atoms with van der Waals surface area (Å²) in [4.78, 5) is 17.2. The summed E-state index contributed by atoms with van der Waals surface area (Å²) < 4.78 is 86.3. The molecule has 4 heterocycles. The molecule has 0 bridgehead atoms. The number of hydrogen-bond acceptors (Lipinski definition) is 7. The fourth-order valence-electron chi connectivity index (χ4n) is 4.45. The van der Waals surface area contributed by atoms with Gasteiger partial charge in [-0.1, -0.05) is 11.3 Å². The zero-order valence-electron chi connectivity index (χ0n) is 22.5. The third-order valence-electron chi connectivity index (χ3n) is 6.35. The SMILES string of the molecule is [2H]C([2H])([2H])C(=O)N1CC[C@H](Nc2nc(OC)c3c(-c4ccc5nnn(C(CF)CF)c5c4)c(F)cn3n2)[C@H](F)C1. The molecular weight excluding hydrogens is 496 g/mol. The van der Waals surface area contributed by atoms with Gasteiger partial charge < -0.3 is 15.0 Å². The third kappa shape index (κ3) is 4.40. The largest absolute Gasteiger partial charge is 0.479 e. The predicted molar refractivity (Wildman–Crippen MR) is 126 cm³/mol. The van der Waals surface area contributed by atoms with E-state index in [1.807, 2.05) is 0 Å². The van der Waals surface area contributed by atoms with Crippen LogP contribution in [0.15, 0.2) is 24.4 Å². The number of halogens is 4. The molecule has 0 spiro atoms. The first kappa shape index (κ1) is 21.1. The highest BCUT2D eigenvalue weighted by Gasteiger charge is 2.31. The third-order valence-corrected chi connectivity index (χ3v) is 6.35. The van der Waals surface area contributed by atoms with Crippen LogP contribution in [-0.4, -0.2) is 86.2 Å². The average Bonchev–Trinajstić information content (AvgIpc) is 3.49. The van der Waals surface area contributed by atoms with Crippen molar-refractivity contribution in [1.82, 2.24) is 34.5 Å². The van der Waals surface area contributed by atoms with E-state index in [-0.39, 0.29) is 35.9 Å². The van der Waals surface area contributed by atoms with Crippen molar-refractivity contribution in [1.29, 1.82) is 0 Å². The van der Waals surface area contributed by atoms with Gasteiger partial charge in [0.2, 0.25) is 17.7 Å². The van der Waals surface area contributed by atoms with Gasteiger partial charge in [0, 0.05) is 17.5 Å². The molecule has 4 aromatic rings. The molecule has 14 heteroatoms. The molecule has 3 aromatic heterocycles. The van der Waals surface area contributed by atoms with Crippen molar-refractivity contribution in [3.05, 3.63) is 30.2 Å². The maximum atomic E-state index is 15.3. The summed E-state index contributed by atoms with van der Waals surface area (Å²) in [6.45, 7) is -5.28. The lowest BCUT2D eigenvalue weighted by Crippen LogP contribution is -2.49. The van der Waals surface area contributed by atoms with E-state index >= 15 is 4.39 Å². The molecule has 1 fully saturated rings. The lowest BCUT2D eigenvalue weighted by molar-refractivity contribution is -0.131. The molecule has 1 N–H and O–H groups in total. The topological polar surface area (TPSA) is 102 Å². The molecule has 2 atom stereocenters. The summed E-state index contributed by atoms with van der Waals surface area (Å²) in [5.41, 5.74) is 1.18. The van der Waals surface area contributed by atoms with E-state index in [0.717, 1.165) is 15.8 Å². The van der Waals surface area contributed by atoms with Crippen LogP contribution < -0.4 is 10.1 Å². The zero-order valence-corrected chi connectivity index (χ0v) is 19.5. The number of fused-ring (bicyclic) bond motifs is 2. The normalized spacial score (nSPS) is 19.7. The molecule has 1 amide bonds. The Morgan fingerprint density at radius 2 is 2.16 bits per heavy atom. The Labute approximate surface area is 212 Å². The first-order valence-corrected chi connectivity index (χ1v) is 11.4. The van der Waals surface area contributed by atoms with Gasteiger partial charge in [-0.3, -0.25) is 4.79 Å². The molecule has 1 aliphatic rings. The van der Waals surface area contributed by atoms with Crippen molar-refractivity contribution < 1.29 is 31.2 Å². The number of carbonyl (C=O) groups is 1. The van der Waals surface area contributed by atoms with Crippen LogP contribution in [0.3, 0.4) is 0 Å². The number of ether oxygens (including phenoxy) is 1. The summed E-state index contributed by atoms with van der Waals surface area (Å²) in [6, 6.07) is 2.57. The highest BCUT2D eigenvalue weighted by atomic mass is 19.1. The van der Waals surface area contributed by atoms with Crippen LogP contribution in [0.1, 0.15) is 23.4 Å². The van der Waals surface area contributed by atoms with E-state index in [1.54, 1.807) is 12.1 Å². The highest BCUT2D eigenvalue weighted by molar-refractivity contribution is 5.89. The Bertz CT molecular complexity index is 1560. The summed E-state index contributed by atoms with van der Waals surface area (Å²) in [7, 11) is 1.31. The van der Waals surface area contributed by atoms with Gasteiger partial charge in [0.15, 0.2) is 5.82 Å². The van der Waals surface area contributed by atoms with E-state index in [1.165, 1.54) is 17.7 Å². The van der Waals surface area contributed by atoms with Gasteiger partial charge in [-0.25, -0.2) is 26.8 Å². The van der Waals surface area contributed by atoms with Crippen LogP contribution in [0.5, 0.6) is 5.88 Å². The van der Waals surface area contributed by atoms with Gasteiger partial charge in [0.1, 0.15) is 36.6 Å². The summed E-state index contributed by atoms with van der Waals surface area (Å²) in [6.07, 6.45) is -0.459. The second-order valence-electron chi connectivity index (χ2n) is 8.60. The van der Waals surface area contributed by atoms with Crippen molar-refractivity contribution in [2.24, 2.45) is 0 Å². The van der Waals surface area contributed by atoms with E-state index in [4.69, 9.17) is 8.85 Å². The summed E-state index contributed by atoms with van der Waals surface area (Å²) >= 11 is 0. The molecule has 0 saturated carbocycles. The Morgan fingerprint density at radius 1 is 1.35 bits per heavy atom. The van der Waals surface area contributed by atoms with Crippen LogP contribution in [0, 0.1) is 5.82 Å². The Morgan fingerprint density at radius 3 is 2.86 bits per heavy atom. The molecule has 1 aliphatic heterocycles. The second kappa shape index (κ2) is 9.82. The van der Waals surface area contributed by atoms with E-state index in [9.17, 15) is 18.0 Å². The minimum Gasteiger partial charge on any atom is -0.479 e. The van der Waals surface area contributed by atoms with Gasteiger partial charge in [0.05, 0.1) is 37.0 Å². The molecule has 196 valence electrons. The van der Waals surface area contributed by atoms with Gasteiger partial charge in [-0.05, 0) is 24.1 Å². The number of methoxy groups -OCH3 is 1. The van der Waals surface area contributed by atoms with Crippen molar-refractivity contribution in [2.45, 2.75) is 31.5 Å². The number of aromatic nitrogens is 6. The summed E-state index contributed by atoms with van der Waals surface area (Å²) in [5, 5.41) is 14.8. The van der Waals surface area contributed by atoms with Gasteiger partial charge >= 0.3 is 0 Å². The van der Waals surface area contributed by atoms with Crippen LogP contribution in [0.2, 0.25) is 0 Å². The lowest BCUT2D eigenvalue weighted by atomic mass is 10.0. The van der Waals surface area contributed by atoms with Gasteiger partial charge in [-0.2, -0.15) is 4.98 Å². The number of piperidine rings is 1. The van der Waals surface area contributed by atoms with Crippen molar-refractivity contribution in [3.63, 3.8) is 0 Å². The molecule has 1 saturated heterocycles. The van der Waals surface area contributed by atoms with E-state index in [2.05, 4.69) is 25.7 Å². The quantitative estimate of drug-likeness (QED) is 0.372. The number of nitrogens with zero attached hydrogens (tertiary/aromatic N) is 7. The Balaban J connectivity index is 1.46. The molecule has 1 aromatic carbocycles. The van der Waals surface area contributed by atoms with Crippen molar-refractivity contribution >= 4 is 28.4 Å². The average molecular weight is 524 g/mol. The number of nitrogens with one attached hydrogen (secondary N) is 1. The molecule has 5 rings (SSSR count). The zero-order chi connectivity index (χ0) is 28.8. The number of likely N-dealkylation sites (tertiary alicyclic amines) is 1. The maximum absolute atomic E-state index is 15.3. The molecule has 10 nitrogen and oxygen atoms in total. The fourth-order valence-corrected chi connectivity index (χ4v) is 4.45. The standard InChI is InChI=1S/C23H24F4N8O2/c1-12(36)33-6-5-17(15(26)10-33)28-23-29-22(37-2)21-20(16(27)11-34(21)31-23)13-3-4-18-19(7-13)35(32-30-18)14(8-24)9-25/h3-4,7,11,14-15,17H,5-6,8-10H2,1-2H3,(H,28,31)/t15-,17+/m1/s1/i1D3. The number of carbonyl (C=O) groups excluding carboxylic acids is 1. The predicted octanol–water partition coefficient (Wildman–Crippen LogP) is 3.14. The van der Waals surface area contributed by atoms with Crippen LogP contribution >= 0.6 is 0 Å². The van der Waals surface area contributed by atoms with Gasteiger partial charge in [0.25, 0.3) is 0 Å². The molecule has 0 radical (unpaired) electrons. The van der Waals surface area contributed by atoms with E-state index in [0.29, 0.717) is 16.6 Å². The van der Waals surface area contributed by atoms with Crippen LogP contribution in [0.4, 0.5) is 23.5 Å². The number of benzene rings is 1. The number of anilines is 1. The lowest BCUT2D eigenvalue weighted by Gasteiger charge is -2.34. The smallest absolute Gasteiger partial charge is 0.244 e. The number of amides is 1. The minimum atomic E-state index is -2.86. The summed E-state index contributed by atoms with van der Waals surface area (Å²) in [5.74, 6) is -1.94.